The van der Waals surface area contributed by atoms with Crippen LogP contribution in [0.3, 0.4) is 0 Å². The molecule has 2 unspecified atom stereocenters. The predicted octanol–water partition coefficient (Wildman–Crippen LogP) is 3.72. The minimum absolute atomic E-state index is 0.279. The molecule has 1 N–H and O–H groups in total. The second-order valence-corrected chi connectivity index (χ2v) is 9.86. The fourth-order valence-corrected chi connectivity index (χ4v) is 6.28. The number of fused-ring (bicyclic) bond motifs is 6. The number of H-pyrrole nitrogens is 1. The molecule has 4 aliphatic heterocycles. The number of nitrogens with one attached hydrogen (secondary N) is 1. The Labute approximate surface area is 197 Å². The highest BCUT2D eigenvalue weighted by atomic mass is 16.2. The largest absolute Gasteiger partial charge is 0.354 e. The first-order valence-electron chi connectivity index (χ1n) is 12.4. The van der Waals surface area contributed by atoms with E-state index in [0.717, 1.165) is 90.6 Å². The minimum atomic E-state index is 0.279. The zero-order chi connectivity index (χ0) is 22.6. The Balaban J connectivity index is 1.40. The van der Waals surface area contributed by atoms with Crippen LogP contribution in [0.25, 0.3) is 33.1 Å². The van der Waals surface area contributed by atoms with E-state index in [0.29, 0.717) is 18.2 Å². The number of aryl methyl sites for hydroxylation is 1. The van der Waals surface area contributed by atoms with Crippen molar-refractivity contribution >= 4 is 33.5 Å². The van der Waals surface area contributed by atoms with Crippen LogP contribution in [0.4, 0.5) is 5.82 Å². The van der Waals surface area contributed by atoms with Crippen LogP contribution >= 0.6 is 0 Å². The van der Waals surface area contributed by atoms with E-state index in [9.17, 15) is 4.79 Å². The fraction of sp³-hybridized carbons (Fsp3) is 0.423. The fourth-order valence-electron chi connectivity index (χ4n) is 6.28. The van der Waals surface area contributed by atoms with Crippen LogP contribution in [0.1, 0.15) is 37.7 Å². The molecular formula is C26H27N7O. The molecule has 0 radical (unpaired) electrons. The van der Waals surface area contributed by atoms with Crippen LogP contribution in [-0.2, 0) is 11.2 Å². The van der Waals surface area contributed by atoms with Gasteiger partial charge in [-0.2, -0.15) is 5.10 Å². The lowest BCUT2D eigenvalue weighted by Gasteiger charge is -2.39. The molecular weight excluding hydrogens is 426 g/mol. The standard InChI is InChI=1S/C26H27N7O/c34-24-4-2-1-3-17-5-6-20-18(13-30-31-20)25(17)22-11-21-19(12-27-22)26(29-15-28-21)32-9-7-16-8-10-33(24)23(16)14-32/h5-6,11-13,15-16,23H,1-4,7-10,14H2,(H,30,31). The number of hydrogen-bond acceptors (Lipinski definition) is 6. The first kappa shape index (κ1) is 19.9. The van der Waals surface area contributed by atoms with Gasteiger partial charge in [0.05, 0.1) is 34.4 Å². The number of anilines is 1. The van der Waals surface area contributed by atoms with Gasteiger partial charge in [-0.15, -0.1) is 0 Å². The van der Waals surface area contributed by atoms with Gasteiger partial charge in [0, 0.05) is 43.2 Å². The molecule has 0 aliphatic carbocycles. The average molecular weight is 454 g/mol. The van der Waals surface area contributed by atoms with Crippen molar-refractivity contribution in [1.29, 1.82) is 0 Å². The second kappa shape index (κ2) is 7.75. The maximum absolute atomic E-state index is 13.2. The van der Waals surface area contributed by atoms with E-state index in [-0.39, 0.29) is 6.04 Å². The van der Waals surface area contributed by atoms with E-state index < -0.39 is 0 Å². The maximum Gasteiger partial charge on any atom is 0.222 e. The summed E-state index contributed by atoms with van der Waals surface area (Å²) in [6.45, 7) is 2.68. The summed E-state index contributed by atoms with van der Waals surface area (Å²) >= 11 is 0. The van der Waals surface area contributed by atoms with E-state index in [1.54, 1.807) is 6.33 Å². The Morgan fingerprint density at radius 1 is 0.971 bits per heavy atom. The van der Waals surface area contributed by atoms with Crippen molar-refractivity contribution in [2.24, 2.45) is 5.92 Å². The van der Waals surface area contributed by atoms with E-state index in [2.05, 4.69) is 48.2 Å². The first-order valence-corrected chi connectivity index (χ1v) is 12.4. The lowest BCUT2D eigenvalue weighted by molar-refractivity contribution is -0.132. The number of pyridine rings is 1. The number of hydrogen-bond donors (Lipinski definition) is 1. The highest BCUT2D eigenvalue weighted by Gasteiger charge is 2.40. The molecule has 8 rings (SSSR count). The quantitative estimate of drug-likeness (QED) is 0.436. The summed E-state index contributed by atoms with van der Waals surface area (Å²) in [6, 6.07) is 6.63. The smallest absolute Gasteiger partial charge is 0.222 e. The summed E-state index contributed by atoms with van der Waals surface area (Å²) in [5.74, 6) is 1.83. The molecule has 6 bridgehead atoms. The number of piperidine rings is 1. The van der Waals surface area contributed by atoms with E-state index in [1.165, 1.54) is 5.56 Å². The van der Waals surface area contributed by atoms with Gasteiger partial charge in [0.2, 0.25) is 5.91 Å². The van der Waals surface area contributed by atoms with Crippen molar-refractivity contribution in [3.63, 3.8) is 0 Å². The second-order valence-electron chi connectivity index (χ2n) is 9.86. The van der Waals surface area contributed by atoms with Crippen LogP contribution < -0.4 is 4.90 Å². The van der Waals surface area contributed by atoms with Crippen molar-refractivity contribution in [1.82, 2.24) is 30.0 Å². The Hall–Kier alpha value is -3.55. The van der Waals surface area contributed by atoms with Gasteiger partial charge in [-0.25, -0.2) is 9.97 Å². The highest BCUT2D eigenvalue weighted by molar-refractivity contribution is 5.98. The van der Waals surface area contributed by atoms with Gasteiger partial charge in [-0.05, 0) is 55.7 Å². The Bertz CT molecular complexity index is 1410. The average Bonchev–Trinajstić information content (AvgIpc) is 3.51. The maximum atomic E-state index is 13.2. The van der Waals surface area contributed by atoms with E-state index >= 15 is 0 Å². The monoisotopic (exact) mass is 453 g/mol. The Kier molecular flexibility index (Phi) is 4.53. The number of carbonyl (C=O) groups is 1. The lowest BCUT2D eigenvalue weighted by Crippen LogP contribution is -2.50. The SMILES string of the molecule is O=C1CCCCc2ccc3[nH]ncc3c2-c2cc3ncnc(c3cn2)N2CCC3CCN1C3C2. The van der Waals surface area contributed by atoms with Gasteiger partial charge in [-0.3, -0.25) is 14.9 Å². The zero-order valence-electron chi connectivity index (χ0n) is 19.1. The normalized spacial score (nSPS) is 22.8. The van der Waals surface area contributed by atoms with Crippen LogP contribution in [0.5, 0.6) is 0 Å². The van der Waals surface area contributed by atoms with Gasteiger partial charge in [0.1, 0.15) is 12.1 Å². The number of aromatic amines is 1. The number of rotatable bonds is 0. The summed E-state index contributed by atoms with van der Waals surface area (Å²) in [7, 11) is 0. The lowest BCUT2D eigenvalue weighted by atomic mass is 9.91. The molecule has 7 heterocycles. The molecule has 1 amide bonds. The van der Waals surface area contributed by atoms with Crippen LogP contribution in [-0.4, -0.2) is 61.6 Å². The van der Waals surface area contributed by atoms with Gasteiger partial charge < -0.3 is 9.80 Å². The van der Waals surface area contributed by atoms with E-state index in [1.807, 2.05) is 12.4 Å². The molecule has 0 spiro atoms. The summed E-state index contributed by atoms with van der Waals surface area (Å²) in [5, 5.41) is 9.40. The summed E-state index contributed by atoms with van der Waals surface area (Å²) in [5.41, 5.74) is 5.14. The summed E-state index contributed by atoms with van der Waals surface area (Å²) in [6.07, 6.45) is 11.1. The van der Waals surface area contributed by atoms with Crippen LogP contribution in [0.15, 0.2) is 36.9 Å². The molecule has 1 aromatic carbocycles. The van der Waals surface area contributed by atoms with Crippen LogP contribution in [0, 0.1) is 5.92 Å². The molecule has 172 valence electrons. The zero-order valence-corrected chi connectivity index (χ0v) is 19.1. The van der Waals surface area contributed by atoms with Crippen molar-refractivity contribution in [3.05, 3.63) is 42.5 Å². The third-order valence-electron chi connectivity index (χ3n) is 8.04. The molecule has 2 saturated heterocycles. The molecule has 8 heteroatoms. The summed E-state index contributed by atoms with van der Waals surface area (Å²) < 4.78 is 0. The number of amides is 1. The van der Waals surface area contributed by atoms with Crippen molar-refractivity contribution in [2.75, 3.05) is 24.5 Å². The van der Waals surface area contributed by atoms with Gasteiger partial charge in [0.25, 0.3) is 0 Å². The number of carbonyl (C=O) groups excluding carboxylic acids is 1. The molecule has 2 fully saturated rings. The molecule has 3 aromatic heterocycles. The van der Waals surface area contributed by atoms with Gasteiger partial charge in [0.15, 0.2) is 0 Å². The van der Waals surface area contributed by atoms with Crippen molar-refractivity contribution in [3.8, 4) is 11.3 Å². The molecule has 4 aliphatic rings. The number of benzene rings is 1. The molecule has 2 atom stereocenters. The minimum Gasteiger partial charge on any atom is -0.354 e. The van der Waals surface area contributed by atoms with Crippen molar-refractivity contribution < 1.29 is 4.79 Å². The predicted molar refractivity (Wildman–Crippen MR) is 130 cm³/mol. The number of aromatic nitrogens is 5. The van der Waals surface area contributed by atoms with Crippen molar-refractivity contribution in [2.45, 2.75) is 44.6 Å². The topological polar surface area (TPSA) is 90.9 Å². The number of nitrogens with zero attached hydrogens (tertiary/aromatic N) is 6. The molecule has 0 saturated carbocycles. The third-order valence-corrected chi connectivity index (χ3v) is 8.04. The highest BCUT2D eigenvalue weighted by Crippen LogP contribution is 2.37. The van der Waals surface area contributed by atoms with Gasteiger partial charge in [-0.1, -0.05) is 6.07 Å². The van der Waals surface area contributed by atoms with Crippen LogP contribution in [0.2, 0.25) is 0 Å². The first-order chi connectivity index (χ1) is 16.8. The Morgan fingerprint density at radius 2 is 1.88 bits per heavy atom. The Morgan fingerprint density at radius 3 is 2.85 bits per heavy atom. The third kappa shape index (κ3) is 3.08. The molecule has 4 aromatic rings. The van der Waals surface area contributed by atoms with E-state index in [4.69, 9.17) is 4.98 Å². The molecule has 34 heavy (non-hydrogen) atoms. The molecule has 8 nitrogen and oxygen atoms in total. The van der Waals surface area contributed by atoms with Gasteiger partial charge >= 0.3 is 0 Å². The summed E-state index contributed by atoms with van der Waals surface area (Å²) in [4.78, 5) is 31.9.